The van der Waals surface area contributed by atoms with Crippen LogP contribution in [0.5, 0.6) is 23.0 Å². The molecule has 4 N–H and O–H groups in total. The molecule has 104 valence electrons. The Labute approximate surface area is 117 Å². The number of aromatic hydroxyl groups is 4. The number of furan rings is 1. The third-order valence-electron chi connectivity index (χ3n) is 3.64. The minimum absolute atomic E-state index is 0.0714. The zero-order valence-electron chi connectivity index (χ0n) is 10.7. The molecule has 0 aliphatic rings. The second-order valence-corrected chi connectivity index (χ2v) is 4.89. The van der Waals surface area contributed by atoms with Crippen molar-refractivity contribution in [3.05, 3.63) is 36.4 Å². The van der Waals surface area contributed by atoms with Crippen LogP contribution in [0, 0.1) is 0 Å². The van der Waals surface area contributed by atoms with Gasteiger partial charge in [0.15, 0.2) is 11.3 Å². The van der Waals surface area contributed by atoms with E-state index in [0.29, 0.717) is 10.8 Å². The minimum atomic E-state index is -0.228. The molecule has 0 saturated heterocycles. The zero-order valence-corrected chi connectivity index (χ0v) is 10.7. The van der Waals surface area contributed by atoms with Crippen LogP contribution in [-0.4, -0.2) is 20.4 Å². The lowest BCUT2D eigenvalue weighted by Crippen LogP contribution is -1.78. The summed E-state index contributed by atoms with van der Waals surface area (Å²) in [4.78, 5) is 0. The number of rotatable bonds is 0. The van der Waals surface area contributed by atoms with Gasteiger partial charge in [-0.15, -0.1) is 0 Å². The maximum atomic E-state index is 10.5. The van der Waals surface area contributed by atoms with E-state index in [4.69, 9.17) is 4.42 Å². The molecule has 0 aliphatic carbocycles. The third kappa shape index (κ3) is 1.40. The van der Waals surface area contributed by atoms with Crippen LogP contribution in [0.3, 0.4) is 0 Å². The normalized spacial score (nSPS) is 11.6. The van der Waals surface area contributed by atoms with E-state index in [-0.39, 0.29) is 44.9 Å². The van der Waals surface area contributed by atoms with Gasteiger partial charge in [-0.1, -0.05) is 24.3 Å². The summed E-state index contributed by atoms with van der Waals surface area (Å²) in [5, 5.41) is 41.7. The Balaban J connectivity index is 2.37. The molecule has 4 rings (SSSR count). The number of fused-ring (bicyclic) bond motifs is 4. The molecule has 0 radical (unpaired) electrons. The number of phenolic OH excluding ortho intramolecular Hbond substituents is 4. The predicted octanol–water partition coefficient (Wildman–Crippen LogP) is 3.56. The molecule has 0 amide bonds. The first-order valence-electron chi connectivity index (χ1n) is 6.28. The fourth-order valence-electron chi connectivity index (χ4n) is 2.74. The molecule has 0 atom stereocenters. The standard InChI is InChI=1S/C16H10O5/c17-7-5-10(18)12-11(6-7)21-16-13(12)14(19)8-3-1-2-4-9(8)15(16)20/h1-6,17-20H. The maximum absolute atomic E-state index is 10.5. The number of benzene rings is 3. The van der Waals surface area contributed by atoms with Crippen molar-refractivity contribution in [3.8, 4) is 23.0 Å². The molecule has 0 aliphatic heterocycles. The number of hydrogen-bond acceptors (Lipinski definition) is 5. The first-order chi connectivity index (χ1) is 10.1. The number of phenols is 4. The molecule has 1 aromatic heterocycles. The van der Waals surface area contributed by atoms with Gasteiger partial charge in [-0.2, -0.15) is 0 Å². The van der Waals surface area contributed by atoms with Gasteiger partial charge in [-0.05, 0) is 0 Å². The van der Waals surface area contributed by atoms with E-state index in [1.165, 1.54) is 6.07 Å². The van der Waals surface area contributed by atoms with Crippen molar-refractivity contribution in [2.45, 2.75) is 0 Å². The van der Waals surface area contributed by atoms with Crippen LogP contribution in [0.4, 0.5) is 0 Å². The topological polar surface area (TPSA) is 94.1 Å². The molecule has 0 spiro atoms. The number of hydrogen-bond donors (Lipinski definition) is 4. The average Bonchev–Trinajstić information content (AvgIpc) is 2.84. The van der Waals surface area contributed by atoms with Crippen molar-refractivity contribution < 1.29 is 24.8 Å². The van der Waals surface area contributed by atoms with Crippen molar-refractivity contribution in [1.82, 2.24) is 0 Å². The smallest absolute Gasteiger partial charge is 0.181 e. The molecule has 3 aromatic carbocycles. The van der Waals surface area contributed by atoms with Crippen molar-refractivity contribution in [1.29, 1.82) is 0 Å². The summed E-state index contributed by atoms with van der Waals surface area (Å²) >= 11 is 0. The second kappa shape index (κ2) is 3.73. The molecule has 0 saturated carbocycles. The Hall–Kier alpha value is -3.08. The Morgan fingerprint density at radius 2 is 1.43 bits per heavy atom. The van der Waals surface area contributed by atoms with Gasteiger partial charge < -0.3 is 24.8 Å². The second-order valence-electron chi connectivity index (χ2n) is 4.89. The summed E-state index contributed by atoms with van der Waals surface area (Å²) < 4.78 is 5.50. The van der Waals surface area contributed by atoms with Gasteiger partial charge in [0.2, 0.25) is 0 Å². The van der Waals surface area contributed by atoms with Crippen LogP contribution in [-0.2, 0) is 0 Å². The summed E-state index contributed by atoms with van der Waals surface area (Å²) in [7, 11) is 0. The lowest BCUT2D eigenvalue weighted by atomic mass is 10.0. The molecule has 0 unspecified atom stereocenters. The fourth-order valence-corrected chi connectivity index (χ4v) is 2.74. The van der Waals surface area contributed by atoms with Gasteiger partial charge >= 0.3 is 0 Å². The SMILES string of the molecule is Oc1cc(O)c2c(c1)oc1c(O)c3ccccc3c(O)c12. The van der Waals surface area contributed by atoms with E-state index in [1.807, 2.05) is 0 Å². The Morgan fingerprint density at radius 1 is 0.762 bits per heavy atom. The summed E-state index contributed by atoms with van der Waals surface area (Å²) in [5.74, 6) is -0.594. The van der Waals surface area contributed by atoms with Crippen LogP contribution in [0.1, 0.15) is 0 Å². The monoisotopic (exact) mass is 282 g/mol. The molecule has 1 heterocycles. The van der Waals surface area contributed by atoms with Crippen LogP contribution >= 0.6 is 0 Å². The quantitative estimate of drug-likeness (QED) is 0.370. The molecule has 5 heteroatoms. The molecule has 21 heavy (non-hydrogen) atoms. The van der Waals surface area contributed by atoms with E-state index >= 15 is 0 Å². The highest BCUT2D eigenvalue weighted by atomic mass is 16.4. The van der Waals surface area contributed by atoms with E-state index in [1.54, 1.807) is 24.3 Å². The van der Waals surface area contributed by atoms with E-state index in [0.717, 1.165) is 6.07 Å². The molecule has 4 aromatic rings. The summed E-state index contributed by atoms with van der Waals surface area (Å²) in [6.45, 7) is 0. The summed E-state index contributed by atoms with van der Waals surface area (Å²) in [6.07, 6.45) is 0. The van der Waals surface area contributed by atoms with Crippen LogP contribution in [0.2, 0.25) is 0 Å². The van der Waals surface area contributed by atoms with Crippen molar-refractivity contribution in [2.24, 2.45) is 0 Å². The van der Waals surface area contributed by atoms with Crippen molar-refractivity contribution in [2.75, 3.05) is 0 Å². The Kier molecular flexibility index (Phi) is 2.08. The third-order valence-corrected chi connectivity index (χ3v) is 3.64. The lowest BCUT2D eigenvalue weighted by Gasteiger charge is -2.05. The first kappa shape index (κ1) is 11.7. The lowest BCUT2D eigenvalue weighted by molar-refractivity contribution is 0.453. The van der Waals surface area contributed by atoms with Gasteiger partial charge in [0, 0.05) is 22.9 Å². The predicted molar refractivity (Wildman–Crippen MR) is 77.9 cm³/mol. The summed E-state index contributed by atoms with van der Waals surface area (Å²) in [5.41, 5.74) is 0.255. The maximum Gasteiger partial charge on any atom is 0.181 e. The van der Waals surface area contributed by atoms with Crippen molar-refractivity contribution in [3.63, 3.8) is 0 Å². The molecular formula is C16H10O5. The van der Waals surface area contributed by atoms with E-state index < -0.39 is 0 Å². The van der Waals surface area contributed by atoms with Crippen LogP contribution < -0.4 is 0 Å². The van der Waals surface area contributed by atoms with Gasteiger partial charge in [-0.25, -0.2) is 0 Å². The average molecular weight is 282 g/mol. The highest BCUT2D eigenvalue weighted by Crippen LogP contribution is 2.48. The Bertz CT molecular complexity index is 1030. The largest absolute Gasteiger partial charge is 0.508 e. The molecule has 0 fully saturated rings. The highest BCUT2D eigenvalue weighted by molar-refractivity contribution is 6.20. The zero-order chi connectivity index (χ0) is 14.7. The minimum Gasteiger partial charge on any atom is -0.508 e. The van der Waals surface area contributed by atoms with Crippen molar-refractivity contribution >= 4 is 32.7 Å². The van der Waals surface area contributed by atoms with Gasteiger partial charge in [0.05, 0.1) is 10.8 Å². The summed E-state index contributed by atoms with van der Waals surface area (Å²) in [6, 6.07) is 9.27. The van der Waals surface area contributed by atoms with Gasteiger partial charge in [0.25, 0.3) is 0 Å². The van der Waals surface area contributed by atoms with E-state index in [9.17, 15) is 20.4 Å². The van der Waals surface area contributed by atoms with Gasteiger partial charge in [-0.3, -0.25) is 0 Å². The van der Waals surface area contributed by atoms with Crippen LogP contribution in [0.25, 0.3) is 32.7 Å². The molecule has 0 bridgehead atoms. The highest BCUT2D eigenvalue weighted by Gasteiger charge is 2.21. The molecular weight excluding hydrogens is 272 g/mol. The molecule has 5 nitrogen and oxygen atoms in total. The fraction of sp³-hybridized carbons (Fsp3) is 0. The van der Waals surface area contributed by atoms with E-state index in [2.05, 4.69) is 0 Å². The van der Waals surface area contributed by atoms with Gasteiger partial charge in [0.1, 0.15) is 22.8 Å². The Morgan fingerprint density at radius 3 is 2.14 bits per heavy atom. The van der Waals surface area contributed by atoms with Crippen LogP contribution in [0.15, 0.2) is 40.8 Å². The first-order valence-corrected chi connectivity index (χ1v) is 6.28.